The van der Waals surface area contributed by atoms with Crippen LogP contribution in [0, 0.1) is 12.7 Å². The molecule has 1 atom stereocenters. The Bertz CT molecular complexity index is 2240. The summed E-state index contributed by atoms with van der Waals surface area (Å²) < 4.78 is 49.9. The second-order valence-electron chi connectivity index (χ2n) is 12.4. The molecule has 0 bridgehead atoms. The standard InChI is InChI=1S/C36H39FN8O4S/c1-21-11-13-25(14-12-21)50(47,48)44-16-15-26-34(39-28-10-8-9-27(37)33(28)23(3)38-4)41-36(42-35(26)44)40-29-19-30-24(18-31(29)49-7)17-22(2)45(30)32(46)20-43(5)6/h8-16,18-19,22,38H,3,17,20H2,1-2,4-7H3,(H2,39,40,41,42)/t22-/m0/s1. The van der Waals surface area contributed by atoms with Gasteiger partial charge in [0.2, 0.25) is 11.9 Å². The van der Waals surface area contributed by atoms with Crippen molar-refractivity contribution >= 4 is 61.5 Å². The minimum atomic E-state index is -4.09. The van der Waals surface area contributed by atoms with Crippen LogP contribution in [0.1, 0.15) is 23.6 Å². The zero-order valence-corrected chi connectivity index (χ0v) is 29.5. The summed E-state index contributed by atoms with van der Waals surface area (Å²) in [6, 6.07) is 16.3. The summed E-state index contributed by atoms with van der Waals surface area (Å²) in [5.41, 5.74) is 4.01. The number of nitrogens with one attached hydrogen (secondary N) is 3. The lowest BCUT2D eigenvalue weighted by Gasteiger charge is -2.25. The lowest BCUT2D eigenvalue weighted by molar-refractivity contribution is -0.119. The number of hydrogen-bond acceptors (Lipinski definition) is 10. The van der Waals surface area contributed by atoms with Crippen LogP contribution < -0.4 is 25.6 Å². The Labute approximate surface area is 290 Å². The van der Waals surface area contributed by atoms with Crippen LogP contribution in [0.3, 0.4) is 0 Å². The molecule has 3 aromatic carbocycles. The number of carbonyl (C=O) groups is 1. The van der Waals surface area contributed by atoms with Crippen molar-refractivity contribution in [3.63, 3.8) is 0 Å². The lowest BCUT2D eigenvalue weighted by Crippen LogP contribution is -2.41. The van der Waals surface area contributed by atoms with E-state index in [-0.39, 0.29) is 46.4 Å². The normalized spacial score (nSPS) is 14.2. The number of anilines is 5. The van der Waals surface area contributed by atoms with Crippen LogP contribution in [0.25, 0.3) is 16.7 Å². The molecule has 1 amide bonds. The molecule has 1 aliphatic rings. The van der Waals surface area contributed by atoms with E-state index in [9.17, 15) is 13.2 Å². The smallest absolute Gasteiger partial charge is 0.269 e. The minimum Gasteiger partial charge on any atom is -0.495 e. The third kappa shape index (κ3) is 6.34. The van der Waals surface area contributed by atoms with E-state index in [0.717, 1.165) is 20.8 Å². The molecule has 1 aliphatic heterocycles. The first kappa shape index (κ1) is 34.4. The summed E-state index contributed by atoms with van der Waals surface area (Å²) in [6.07, 6.45) is 2.06. The van der Waals surface area contributed by atoms with E-state index in [1.165, 1.54) is 31.5 Å². The number of nitrogens with zero attached hydrogens (tertiary/aromatic N) is 5. The van der Waals surface area contributed by atoms with Gasteiger partial charge in [-0.1, -0.05) is 30.3 Å². The number of rotatable bonds is 11. The third-order valence-electron chi connectivity index (χ3n) is 8.54. The van der Waals surface area contributed by atoms with Crippen molar-refractivity contribution in [1.82, 2.24) is 24.2 Å². The van der Waals surface area contributed by atoms with Crippen molar-refractivity contribution in [3.05, 3.63) is 95.9 Å². The van der Waals surface area contributed by atoms with Crippen molar-refractivity contribution in [2.45, 2.75) is 31.2 Å². The number of halogens is 1. The van der Waals surface area contributed by atoms with Crippen molar-refractivity contribution in [3.8, 4) is 5.75 Å². The van der Waals surface area contributed by atoms with Gasteiger partial charge in [-0.25, -0.2) is 16.8 Å². The van der Waals surface area contributed by atoms with Crippen LogP contribution in [0.4, 0.5) is 33.2 Å². The highest BCUT2D eigenvalue weighted by atomic mass is 32.2. The SMILES string of the molecule is C=C(NC)c1c(F)cccc1Nc1nc(Nc2cc3c(cc2OC)C[C@H](C)N3C(=O)CN(C)C)nc2c1ccn2S(=O)(=O)c1ccc(C)cc1. The van der Waals surface area contributed by atoms with Gasteiger partial charge >= 0.3 is 0 Å². The maximum atomic E-state index is 15.1. The number of likely N-dealkylation sites (N-methyl/N-ethyl adjacent to an activating group) is 1. The summed E-state index contributed by atoms with van der Waals surface area (Å²) in [6.45, 7) is 8.05. The number of amides is 1. The molecule has 0 saturated carbocycles. The molecule has 0 fully saturated rings. The number of aromatic nitrogens is 3. The quantitative estimate of drug-likeness (QED) is 0.159. The Morgan fingerprint density at radius 2 is 1.82 bits per heavy atom. The molecule has 5 aromatic rings. The van der Waals surface area contributed by atoms with Crippen LogP contribution in [-0.2, 0) is 21.2 Å². The second-order valence-corrected chi connectivity index (χ2v) is 14.3. The largest absolute Gasteiger partial charge is 0.495 e. The molecular formula is C36H39FN8O4S. The van der Waals surface area contributed by atoms with Gasteiger partial charge < -0.3 is 30.5 Å². The summed E-state index contributed by atoms with van der Waals surface area (Å²) in [4.78, 5) is 26.4. The van der Waals surface area contributed by atoms with Gasteiger partial charge in [-0.3, -0.25) is 4.79 Å². The van der Waals surface area contributed by atoms with E-state index < -0.39 is 15.8 Å². The second kappa shape index (κ2) is 13.4. The molecule has 2 aromatic heterocycles. The van der Waals surface area contributed by atoms with Gasteiger partial charge in [-0.15, -0.1) is 0 Å². The van der Waals surface area contributed by atoms with Gasteiger partial charge in [0, 0.05) is 30.7 Å². The van der Waals surface area contributed by atoms with Crippen LogP contribution in [0.5, 0.6) is 5.75 Å². The third-order valence-corrected chi connectivity index (χ3v) is 10.2. The number of methoxy groups -OCH3 is 1. The zero-order valence-electron chi connectivity index (χ0n) is 28.7. The van der Waals surface area contributed by atoms with Crippen LogP contribution >= 0.6 is 0 Å². The fourth-order valence-electron chi connectivity index (χ4n) is 6.11. The Kier molecular flexibility index (Phi) is 9.25. The van der Waals surface area contributed by atoms with Gasteiger partial charge in [-0.2, -0.15) is 9.97 Å². The molecule has 14 heteroatoms. The maximum absolute atomic E-state index is 15.1. The highest BCUT2D eigenvalue weighted by Crippen LogP contribution is 2.41. The van der Waals surface area contributed by atoms with Crippen molar-refractivity contribution in [2.75, 3.05) is 50.3 Å². The highest BCUT2D eigenvalue weighted by Gasteiger charge is 2.33. The zero-order chi connectivity index (χ0) is 35.9. The number of fused-ring (bicyclic) bond motifs is 2. The first-order valence-electron chi connectivity index (χ1n) is 15.9. The molecule has 6 rings (SSSR count). The molecule has 260 valence electrons. The molecule has 50 heavy (non-hydrogen) atoms. The van der Waals surface area contributed by atoms with E-state index in [4.69, 9.17) is 9.72 Å². The molecular weight excluding hydrogens is 660 g/mol. The molecule has 0 unspecified atom stereocenters. The predicted molar refractivity (Wildman–Crippen MR) is 195 cm³/mol. The minimum absolute atomic E-state index is 0.0277. The van der Waals surface area contributed by atoms with Crippen molar-refractivity contribution in [1.29, 1.82) is 0 Å². The number of aryl methyl sites for hydroxylation is 1. The Balaban J connectivity index is 1.51. The van der Waals surface area contributed by atoms with E-state index in [2.05, 4.69) is 27.5 Å². The summed E-state index contributed by atoms with van der Waals surface area (Å²) in [7, 11) is 2.77. The van der Waals surface area contributed by atoms with E-state index >= 15 is 4.39 Å². The number of hydrogen-bond donors (Lipinski definition) is 3. The summed E-state index contributed by atoms with van der Waals surface area (Å²) in [5, 5.41) is 9.66. The first-order valence-corrected chi connectivity index (χ1v) is 17.3. The average Bonchev–Trinajstić information content (AvgIpc) is 3.64. The highest BCUT2D eigenvalue weighted by molar-refractivity contribution is 7.90. The topological polar surface area (TPSA) is 134 Å². The molecule has 0 saturated heterocycles. The number of ether oxygens (including phenoxy) is 1. The number of carbonyl (C=O) groups excluding carboxylic acids is 1. The van der Waals surface area contributed by atoms with E-state index in [1.807, 2.05) is 45.0 Å². The molecule has 0 spiro atoms. The molecule has 0 aliphatic carbocycles. The lowest BCUT2D eigenvalue weighted by atomic mass is 10.1. The van der Waals surface area contributed by atoms with Gasteiger partial charge in [0.15, 0.2) is 5.65 Å². The maximum Gasteiger partial charge on any atom is 0.269 e. The Morgan fingerprint density at radius 1 is 1.08 bits per heavy atom. The predicted octanol–water partition coefficient (Wildman–Crippen LogP) is 5.64. The fourth-order valence-corrected chi connectivity index (χ4v) is 7.40. The van der Waals surface area contributed by atoms with Crippen molar-refractivity contribution in [2.24, 2.45) is 0 Å². The van der Waals surface area contributed by atoms with Crippen LogP contribution in [0.2, 0.25) is 0 Å². The Hall–Kier alpha value is -5.47. The Morgan fingerprint density at radius 3 is 2.50 bits per heavy atom. The molecule has 12 nitrogen and oxygen atoms in total. The van der Waals surface area contributed by atoms with E-state index in [0.29, 0.717) is 34.6 Å². The van der Waals surface area contributed by atoms with E-state index in [1.54, 1.807) is 42.3 Å². The van der Waals surface area contributed by atoms with Crippen LogP contribution in [0.15, 0.2) is 78.3 Å². The van der Waals surface area contributed by atoms with Gasteiger partial charge in [0.1, 0.15) is 17.4 Å². The van der Waals surface area contributed by atoms with Crippen LogP contribution in [-0.4, -0.2) is 74.0 Å². The van der Waals surface area contributed by atoms with Crippen molar-refractivity contribution < 1.29 is 22.3 Å². The van der Waals surface area contributed by atoms with Gasteiger partial charge in [0.05, 0.1) is 40.9 Å². The fraction of sp³-hybridized carbons (Fsp3) is 0.250. The first-order chi connectivity index (χ1) is 23.8. The molecule has 3 N–H and O–H groups in total. The van der Waals surface area contributed by atoms with Gasteiger partial charge in [0.25, 0.3) is 10.0 Å². The summed E-state index contributed by atoms with van der Waals surface area (Å²) in [5.74, 6) is 0.164. The van der Waals surface area contributed by atoms with Gasteiger partial charge in [-0.05, 0) is 82.4 Å². The average molecular weight is 699 g/mol. The monoisotopic (exact) mass is 698 g/mol. The molecule has 3 heterocycles. The summed E-state index contributed by atoms with van der Waals surface area (Å²) >= 11 is 0. The number of benzene rings is 3. The molecule has 0 radical (unpaired) electrons.